The topological polar surface area (TPSA) is 15.6 Å². The Balaban J connectivity index is 1.64. The van der Waals surface area contributed by atoms with Crippen molar-refractivity contribution in [3.63, 3.8) is 0 Å². The lowest BCUT2D eigenvalue weighted by Crippen LogP contribution is -2.36. The van der Waals surface area contributed by atoms with E-state index in [-0.39, 0.29) is 0 Å². The fraction of sp³-hybridized carbons (Fsp3) is 0.500. The maximum Gasteiger partial charge on any atom is 0.0365 e. The van der Waals surface area contributed by atoms with Gasteiger partial charge in [0.15, 0.2) is 0 Å². The zero-order chi connectivity index (χ0) is 23.3. The van der Waals surface area contributed by atoms with Gasteiger partial charge in [-0.05, 0) is 113 Å². The number of likely N-dealkylation sites (tertiary alicyclic amines) is 1. The first-order valence-electron chi connectivity index (χ1n) is 12.3. The maximum atomic E-state index is 4.52. The van der Waals surface area contributed by atoms with E-state index in [9.17, 15) is 0 Å². The van der Waals surface area contributed by atoms with Crippen LogP contribution in [0, 0.1) is 11.8 Å². The number of hydrogen-bond donors (Lipinski definition) is 0. The molecule has 0 amide bonds. The average molecular weight is 431 g/mol. The van der Waals surface area contributed by atoms with Crippen molar-refractivity contribution in [3.05, 3.63) is 78.0 Å². The maximum absolute atomic E-state index is 4.52. The number of piperidine rings is 1. The molecule has 2 aliphatic rings. The average Bonchev–Trinajstić information content (AvgIpc) is 3.08. The van der Waals surface area contributed by atoms with E-state index in [2.05, 4.69) is 68.6 Å². The first kappa shape index (κ1) is 24.5. The van der Waals surface area contributed by atoms with Crippen LogP contribution >= 0.6 is 0 Å². The Bertz CT molecular complexity index is 909. The predicted octanol–water partition coefficient (Wildman–Crippen LogP) is 7.59. The molecule has 0 bridgehead atoms. The summed E-state index contributed by atoms with van der Waals surface area (Å²) < 4.78 is 0. The van der Waals surface area contributed by atoms with Gasteiger partial charge in [0.2, 0.25) is 0 Å². The van der Waals surface area contributed by atoms with Crippen LogP contribution in [-0.2, 0) is 6.42 Å². The van der Waals surface area contributed by atoms with Gasteiger partial charge in [-0.2, -0.15) is 0 Å². The molecule has 0 aromatic heterocycles. The fourth-order valence-corrected chi connectivity index (χ4v) is 5.48. The lowest BCUT2D eigenvalue weighted by Gasteiger charge is -2.32. The van der Waals surface area contributed by atoms with E-state index < -0.39 is 0 Å². The minimum absolute atomic E-state index is 0.485. The van der Waals surface area contributed by atoms with Gasteiger partial charge in [-0.1, -0.05) is 48.6 Å². The highest BCUT2D eigenvalue weighted by atomic mass is 15.1. The van der Waals surface area contributed by atoms with Gasteiger partial charge >= 0.3 is 0 Å². The number of aliphatic imine (C=N–C) groups is 1. The van der Waals surface area contributed by atoms with Gasteiger partial charge in [0.1, 0.15) is 0 Å². The van der Waals surface area contributed by atoms with Crippen molar-refractivity contribution < 1.29 is 0 Å². The summed E-state index contributed by atoms with van der Waals surface area (Å²) in [6, 6.07) is 7.21. The summed E-state index contributed by atoms with van der Waals surface area (Å²) in [5.41, 5.74) is 9.45. The zero-order valence-electron chi connectivity index (χ0n) is 20.8. The van der Waals surface area contributed by atoms with Crippen molar-refractivity contribution in [2.45, 2.75) is 65.7 Å². The summed E-state index contributed by atoms with van der Waals surface area (Å²) in [4.78, 5) is 7.04. The largest absolute Gasteiger partial charge is 0.298 e. The van der Waals surface area contributed by atoms with E-state index in [0.29, 0.717) is 17.8 Å². The Morgan fingerprint density at radius 2 is 1.91 bits per heavy atom. The van der Waals surface area contributed by atoms with Crippen LogP contribution in [0.25, 0.3) is 5.57 Å². The number of nitrogens with zero attached hydrogens (tertiary/aromatic N) is 2. The number of allylic oxidation sites excluding steroid dienone is 4. The van der Waals surface area contributed by atoms with Crippen molar-refractivity contribution in [2.75, 3.05) is 19.6 Å². The second-order valence-electron chi connectivity index (χ2n) is 10.1. The van der Waals surface area contributed by atoms with Crippen molar-refractivity contribution in [3.8, 4) is 0 Å². The summed E-state index contributed by atoms with van der Waals surface area (Å²) in [5, 5.41) is 0. The van der Waals surface area contributed by atoms with Gasteiger partial charge in [0.25, 0.3) is 0 Å². The van der Waals surface area contributed by atoms with E-state index in [4.69, 9.17) is 0 Å². The van der Waals surface area contributed by atoms with E-state index in [1.54, 1.807) is 0 Å². The minimum atomic E-state index is 0.485. The van der Waals surface area contributed by atoms with E-state index >= 15 is 0 Å². The van der Waals surface area contributed by atoms with Crippen LogP contribution in [0.1, 0.15) is 76.0 Å². The Morgan fingerprint density at radius 3 is 2.53 bits per heavy atom. The molecule has 3 rings (SSSR count). The second-order valence-corrected chi connectivity index (χ2v) is 10.1. The van der Waals surface area contributed by atoms with Crippen LogP contribution in [0.15, 0.2) is 66.4 Å². The van der Waals surface area contributed by atoms with Crippen molar-refractivity contribution in [1.29, 1.82) is 0 Å². The highest BCUT2D eigenvalue weighted by molar-refractivity contribution is 5.84. The second kappa shape index (κ2) is 11.1. The van der Waals surface area contributed by atoms with Crippen LogP contribution in [0.5, 0.6) is 0 Å². The summed E-state index contributed by atoms with van der Waals surface area (Å²) in [6.45, 7) is 24.7. The molecular weight excluding hydrogens is 388 g/mol. The van der Waals surface area contributed by atoms with Gasteiger partial charge in [-0.25, -0.2) is 0 Å². The van der Waals surface area contributed by atoms with Gasteiger partial charge < -0.3 is 0 Å². The van der Waals surface area contributed by atoms with E-state index in [0.717, 1.165) is 38.9 Å². The molecule has 2 nitrogen and oxygen atoms in total. The van der Waals surface area contributed by atoms with Crippen LogP contribution in [0.4, 0.5) is 0 Å². The van der Waals surface area contributed by atoms with Crippen LogP contribution < -0.4 is 0 Å². The molecular formula is C30H42N2. The summed E-state index contributed by atoms with van der Waals surface area (Å²) >= 11 is 0. The lowest BCUT2D eigenvalue weighted by molar-refractivity contribution is 0.238. The molecule has 2 unspecified atom stereocenters. The van der Waals surface area contributed by atoms with Gasteiger partial charge in [0, 0.05) is 18.5 Å². The molecule has 2 heteroatoms. The lowest BCUT2D eigenvalue weighted by atomic mass is 9.79. The molecule has 0 spiro atoms. The van der Waals surface area contributed by atoms with Crippen molar-refractivity contribution in [1.82, 2.24) is 4.90 Å². The molecule has 0 radical (unpaired) electrons. The van der Waals surface area contributed by atoms with Gasteiger partial charge in [-0.15, -0.1) is 6.58 Å². The standard InChI is InChI=1S/C30H42N2/c1-8-15-31-23(6)20-32-16-13-25(14-17-32)26-10-12-29-24(7)30(19-27(29)18-26)28(22(4)5)11-9-21(2)3/h8,10,12,15,18,25,28,30H,2,4,7,9,11,13-14,16-17,19-20H2,1,3,5-6H3/b15-8-,31-23?. The summed E-state index contributed by atoms with van der Waals surface area (Å²) in [6.07, 6.45) is 9.65. The zero-order valence-corrected chi connectivity index (χ0v) is 20.8. The Kier molecular flexibility index (Phi) is 8.48. The molecule has 2 atom stereocenters. The summed E-state index contributed by atoms with van der Waals surface area (Å²) in [7, 11) is 0. The van der Waals surface area contributed by atoms with Crippen LogP contribution in [-0.4, -0.2) is 30.2 Å². The molecule has 172 valence electrons. The first-order chi connectivity index (χ1) is 15.3. The van der Waals surface area contributed by atoms with Crippen LogP contribution in [0.3, 0.4) is 0 Å². The number of rotatable bonds is 9. The smallest absolute Gasteiger partial charge is 0.0365 e. The van der Waals surface area contributed by atoms with Gasteiger partial charge in [0.05, 0.1) is 0 Å². The molecule has 1 aliphatic carbocycles. The monoisotopic (exact) mass is 430 g/mol. The normalized spacial score (nSPS) is 21.2. The minimum Gasteiger partial charge on any atom is -0.298 e. The van der Waals surface area contributed by atoms with Crippen molar-refractivity contribution >= 4 is 11.3 Å². The van der Waals surface area contributed by atoms with E-state index in [1.807, 2.05) is 19.2 Å². The number of hydrogen-bond acceptors (Lipinski definition) is 2. The molecule has 1 aliphatic heterocycles. The third-order valence-corrected chi connectivity index (χ3v) is 7.32. The molecule has 0 saturated carbocycles. The van der Waals surface area contributed by atoms with Crippen LogP contribution in [0.2, 0.25) is 0 Å². The molecule has 1 aromatic carbocycles. The molecule has 1 aromatic rings. The highest BCUT2D eigenvalue weighted by Crippen LogP contribution is 2.45. The molecule has 1 fully saturated rings. The Hall–Kier alpha value is -2.19. The van der Waals surface area contributed by atoms with Gasteiger partial charge in [-0.3, -0.25) is 9.89 Å². The fourth-order valence-electron chi connectivity index (χ4n) is 5.48. The SMILES string of the molecule is C=C(C)CCC(C(=C)C)C1Cc2cc(C3CCN(CC(C)=N/C=C\C)CC3)ccc2C1=C. The highest BCUT2D eigenvalue weighted by Gasteiger charge is 2.33. The molecule has 1 heterocycles. The summed E-state index contributed by atoms with van der Waals surface area (Å²) in [5.74, 6) is 1.64. The third kappa shape index (κ3) is 5.98. The third-order valence-electron chi connectivity index (χ3n) is 7.32. The molecule has 32 heavy (non-hydrogen) atoms. The first-order valence-corrected chi connectivity index (χ1v) is 12.3. The van der Waals surface area contributed by atoms with Crippen molar-refractivity contribution in [2.24, 2.45) is 16.8 Å². The Labute approximate surface area is 196 Å². The predicted molar refractivity (Wildman–Crippen MR) is 141 cm³/mol. The Morgan fingerprint density at radius 1 is 1.19 bits per heavy atom. The number of fused-ring (bicyclic) bond motifs is 1. The van der Waals surface area contributed by atoms with E-state index in [1.165, 1.54) is 52.0 Å². The number of benzene rings is 1. The molecule has 1 saturated heterocycles. The quantitative estimate of drug-likeness (QED) is 0.291. The molecule has 0 N–H and O–H groups in total.